The molecule has 0 unspecified atom stereocenters. The van der Waals surface area contributed by atoms with E-state index in [4.69, 9.17) is 5.73 Å². The fourth-order valence-corrected chi connectivity index (χ4v) is 4.88. The van der Waals surface area contributed by atoms with Crippen LogP contribution in [0.4, 0.5) is 26.2 Å². The molecule has 4 N–H and O–H groups in total. The summed E-state index contributed by atoms with van der Waals surface area (Å²) < 4.78 is 28.9. The number of anilines is 3. The molecule has 2 aliphatic rings. The van der Waals surface area contributed by atoms with Crippen molar-refractivity contribution in [2.45, 2.75) is 19.8 Å². The van der Waals surface area contributed by atoms with E-state index in [-0.39, 0.29) is 12.0 Å². The lowest BCUT2D eigenvalue weighted by molar-refractivity contribution is 0.284. The minimum absolute atomic E-state index is 0.177. The van der Waals surface area contributed by atoms with Crippen molar-refractivity contribution in [1.29, 1.82) is 0 Å². The van der Waals surface area contributed by atoms with Crippen molar-refractivity contribution < 1.29 is 13.8 Å². The molecule has 13 heteroatoms. The minimum Gasteiger partial charge on any atom is -0.437 e. The highest BCUT2D eigenvalue weighted by molar-refractivity contribution is 6.45. The molecule has 0 aliphatic carbocycles. The fraction of sp³-hybridized carbons (Fsp3) is 0.400. The summed E-state index contributed by atoms with van der Waals surface area (Å²) in [5.41, 5.74) is 8.49. The van der Waals surface area contributed by atoms with Crippen LogP contribution < -0.4 is 20.8 Å². The number of hydrogen-bond donors (Lipinski definition) is 3. The highest BCUT2D eigenvalue weighted by atomic mass is 19.1. The van der Waals surface area contributed by atoms with Gasteiger partial charge in [0, 0.05) is 75.2 Å². The van der Waals surface area contributed by atoms with Crippen molar-refractivity contribution >= 4 is 30.6 Å². The van der Waals surface area contributed by atoms with Crippen LogP contribution in [0.25, 0.3) is 11.9 Å². The Kier molecular flexibility index (Phi) is 7.59. The molecular weight excluding hydrogens is 491 g/mol. The van der Waals surface area contributed by atoms with Crippen LogP contribution in [0.15, 0.2) is 36.5 Å². The van der Waals surface area contributed by atoms with E-state index in [1.807, 2.05) is 24.0 Å². The number of halogens is 2. The van der Waals surface area contributed by atoms with Gasteiger partial charge in [0.05, 0.1) is 11.9 Å². The van der Waals surface area contributed by atoms with E-state index < -0.39 is 18.7 Å². The van der Waals surface area contributed by atoms with Gasteiger partial charge in [0.15, 0.2) is 5.82 Å². The quantitative estimate of drug-likeness (QED) is 0.379. The second-order valence-electron chi connectivity index (χ2n) is 9.80. The molecule has 10 nitrogen and oxygen atoms in total. The third-order valence-corrected chi connectivity index (χ3v) is 6.91. The van der Waals surface area contributed by atoms with Gasteiger partial charge in [-0.2, -0.15) is 15.1 Å². The number of benzene rings is 1. The van der Waals surface area contributed by atoms with E-state index in [9.17, 15) is 13.8 Å². The van der Waals surface area contributed by atoms with Gasteiger partial charge in [-0.3, -0.25) is 4.90 Å². The smallest absolute Gasteiger partial charge is 0.373 e. The van der Waals surface area contributed by atoms with Gasteiger partial charge in [-0.25, -0.2) is 13.5 Å². The summed E-state index contributed by atoms with van der Waals surface area (Å²) in [7, 11) is -0.554. The van der Waals surface area contributed by atoms with Crippen LogP contribution in [0.5, 0.6) is 0 Å². The summed E-state index contributed by atoms with van der Waals surface area (Å²) in [4.78, 5) is 15.1. The highest BCUT2D eigenvalue weighted by Gasteiger charge is 2.30. The number of nitrogens with two attached hydrogens (primary N) is 1. The maximum atomic E-state index is 13.6. The summed E-state index contributed by atoms with van der Waals surface area (Å²) in [6.07, 6.45) is 5.94. The van der Waals surface area contributed by atoms with Gasteiger partial charge in [0.25, 0.3) is 0 Å². The monoisotopic (exact) mass is 523 g/mol. The zero-order valence-corrected chi connectivity index (χ0v) is 21.6. The van der Waals surface area contributed by atoms with Crippen molar-refractivity contribution in [2.24, 2.45) is 0 Å². The average Bonchev–Trinajstić information content (AvgIpc) is 3.20. The predicted molar refractivity (Wildman–Crippen MR) is 145 cm³/mol. The Morgan fingerprint density at radius 3 is 2.42 bits per heavy atom. The van der Waals surface area contributed by atoms with E-state index >= 15 is 0 Å². The molecule has 4 heterocycles. The molecule has 38 heavy (non-hydrogen) atoms. The molecule has 0 bridgehead atoms. The normalized spacial score (nSPS) is 16.9. The zero-order chi connectivity index (χ0) is 26.8. The second-order valence-corrected chi connectivity index (χ2v) is 9.80. The molecule has 0 spiro atoms. The Morgan fingerprint density at radius 1 is 1.05 bits per heavy atom. The second kappa shape index (κ2) is 11.1. The summed E-state index contributed by atoms with van der Waals surface area (Å²) in [5.74, 6) is 0.393. The van der Waals surface area contributed by atoms with Gasteiger partial charge in [0.1, 0.15) is 17.5 Å². The largest absolute Gasteiger partial charge is 0.437 e. The number of aromatic nitrogens is 4. The number of nitrogens with zero attached hydrogens (tertiary/aromatic N) is 7. The molecule has 2 aliphatic heterocycles. The van der Waals surface area contributed by atoms with Crippen LogP contribution in [0.3, 0.4) is 0 Å². The number of nitrogens with one attached hydrogen (secondary N) is 1. The zero-order valence-electron chi connectivity index (χ0n) is 21.6. The molecule has 0 atom stereocenters. The molecular formula is C25H32BF2N9O. The summed E-state index contributed by atoms with van der Waals surface area (Å²) in [5, 5.41) is 17.1. The summed E-state index contributed by atoms with van der Waals surface area (Å²) in [6.45, 7) is 8.90. The van der Waals surface area contributed by atoms with E-state index in [1.54, 1.807) is 17.7 Å². The Bertz CT molecular complexity index is 1280. The fourth-order valence-electron chi connectivity index (χ4n) is 4.88. The van der Waals surface area contributed by atoms with E-state index in [2.05, 4.69) is 36.2 Å². The number of nitrogen functional groups attached to an aromatic ring is 1. The Labute approximate surface area is 220 Å². The predicted octanol–water partition coefficient (Wildman–Crippen LogP) is 1.56. The van der Waals surface area contributed by atoms with Crippen LogP contribution >= 0.6 is 0 Å². The average molecular weight is 523 g/mol. The topological polar surface area (TPSA) is 112 Å². The molecule has 200 valence electrons. The van der Waals surface area contributed by atoms with Crippen LogP contribution in [0.2, 0.25) is 6.82 Å². The van der Waals surface area contributed by atoms with Gasteiger partial charge in [-0.1, -0.05) is 12.2 Å². The first-order chi connectivity index (χ1) is 18.2. The Hall–Kier alpha value is -3.55. The van der Waals surface area contributed by atoms with Crippen molar-refractivity contribution in [1.82, 2.24) is 29.9 Å². The van der Waals surface area contributed by atoms with Gasteiger partial charge < -0.3 is 25.8 Å². The first kappa shape index (κ1) is 26.1. The van der Waals surface area contributed by atoms with Crippen molar-refractivity contribution in [3.05, 3.63) is 59.4 Å². The molecule has 2 fully saturated rings. The van der Waals surface area contributed by atoms with Crippen molar-refractivity contribution in [3.8, 4) is 5.82 Å². The van der Waals surface area contributed by atoms with Crippen molar-refractivity contribution in [3.63, 3.8) is 0 Å². The van der Waals surface area contributed by atoms with Gasteiger partial charge in [0.2, 0.25) is 5.95 Å². The third kappa shape index (κ3) is 5.95. The molecule has 0 radical (unpaired) electrons. The van der Waals surface area contributed by atoms with Crippen LogP contribution in [-0.4, -0.2) is 88.6 Å². The lowest BCUT2D eigenvalue weighted by Crippen LogP contribution is -2.61. The molecule has 2 saturated heterocycles. The summed E-state index contributed by atoms with van der Waals surface area (Å²) in [6, 6.07) is 5.72. The molecule has 3 aromatic rings. The SMILES string of the molecule is CB(O)NC1CN(c2cc(-n3ncc(/C=C/CN4CCN(c5cc(F)cc(F)c5)CC4)c3C)nc(N)n2)C1. The Morgan fingerprint density at radius 2 is 1.74 bits per heavy atom. The molecule has 1 aromatic carbocycles. The third-order valence-electron chi connectivity index (χ3n) is 6.91. The van der Waals surface area contributed by atoms with E-state index in [1.165, 1.54) is 12.1 Å². The molecule has 5 rings (SSSR count). The summed E-state index contributed by atoms with van der Waals surface area (Å²) >= 11 is 0. The lowest BCUT2D eigenvalue weighted by atomic mass is 9.86. The van der Waals surface area contributed by atoms with Crippen LogP contribution in [0, 0.1) is 18.6 Å². The standard InChI is InChI=1S/C25H32BF2N9O/c1-17-18(4-3-5-34-6-8-35(9-7-34)22-11-19(27)10-20(28)12-22)14-30-37(17)24-13-23(31-25(29)32-24)36-15-21(16-36)33-26(2)38/h3-4,10-14,21,33,38H,5-9,15-16H2,1-2H3,(H2,29,31,32)/b4-3+. The van der Waals surface area contributed by atoms with Crippen molar-refractivity contribution in [2.75, 3.05) is 61.3 Å². The number of rotatable bonds is 8. The van der Waals surface area contributed by atoms with E-state index in [0.717, 1.165) is 55.9 Å². The maximum absolute atomic E-state index is 13.6. The van der Waals surface area contributed by atoms with Crippen LogP contribution in [0.1, 0.15) is 11.3 Å². The maximum Gasteiger partial charge on any atom is 0.373 e. The first-order valence-electron chi connectivity index (χ1n) is 12.7. The van der Waals surface area contributed by atoms with Gasteiger partial charge in [-0.15, -0.1) is 0 Å². The highest BCUT2D eigenvalue weighted by Crippen LogP contribution is 2.24. The number of hydrogen-bond acceptors (Lipinski definition) is 9. The van der Waals surface area contributed by atoms with E-state index in [0.29, 0.717) is 24.6 Å². The first-order valence-corrected chi connectivity index (χ1v) is 12.7. The van der Waals surface area contributed by atoms with Crippen LogP contribution in [-0.2, 0) is 0 Å². The minimum atomic E-state index is -0.554. The molecule has 0 saturated carbocycles. The molecule has 0 amide bonds. The molecule has 2 aromatic heterocycles. The lowest BCUT2D eigenvalue weighted by Gasteiger charge is -2.41. The number of piperazine rings is 1. The van der Waals surface area contributed by atoms with Gasteiger partial charge in [-0.05, 0) is 25.9 Å². The van der Waals surface area contributed by atoms with Gasteiger partial charge >= 0.3 is 7.05 Å². The Balaban J connectivity index is 1.18.